The number of nitrogens with one attached hydrogen (secondary N) is 2. The van der Waals surface area contributed by atoms with Crippen LogP contribution in [-0.4, -0.2) is 38.4 Å². The molecule has 1 aliphatic carbocycles. The quantitative estimate of drug-likeness (QED) is 0.625. The molecule has 1 saturated carbocycles. The van der Waals surface area contributed by atoms with E-state index >= 15 is 0 Å². The predicted molar refractivity (Wildman–Crippen MR) is 114 cm³/mol. The van der Waals surface area contributed by atoms with Crippen molar-refractivity contribution in [1.82, 2.24) is 25.4 Å². The smallest absolute Gasteiger partial charge is 0.254 e. The van der Waals surface area contributed by atoms with Crippen molar-refractivity contribution in [2.45, 2.75) is 63.8 Å². The number of carbonyl (C=O) groups excluding carboxylic acids is 2. The number of rotatable bonds is 8. The predicted octanol–water partition coefficient (Wildman–Crippen LogP) is 3.15. The largest absolute Gasteiger partial charge is 0.352 e. The van der Waals surface area contributed by atoms with Crippen LogP contribution in [0.1, 0.15) is 55.7 Å². The Morgan fingerprint density at radius 2 is 2.00 bits per heavy atom. The van der Waals surface area contributed by atoms with Gasteiger partial charge in [-0.25, -0.2) is 4.39 Å². The standard InChI is InChI=1S/C21H28FN5O2S/c1-3-27-18(12-23-20(29)15-9-5-6-10-16(15)22)25-26-21(27)30-13-19(28)24-17-11-7-4-8-14(17)2/h5-6,9-10,14,17H,3-4,7-8,11-13H2,1-2H3,(H,23,29)(H,24,28)/t14-,17+/m1/s1. The lowest BCUT2D eigenvalue weighted by Gasteiger charge is -2.29. The Labute approximate surface area is 180 Å². The summed E-state index contributed by atoms with van der Waals surface area (Å²) in [7, 11) is 0. The number of hydrogen-bond acceptors (Lipinski definition) is 5. The van der Waals surface area contributed by atoms with Crippen LogP contribution in [0, 0.1) is 11.7 Å². The van der Waals surface area contributed by atoms with Crippen LogP contribution in [0.25, 0.3) is 0 Å². The molecule has 3 rings (SSSR count). The highest BCUT2D eigenvalue weighted by Gasteiger charge is 2.23. The molecule has 2 atom stereocenters. The molecule has 1 aliphatic rings. The van der Waals surface area contributed by atoms with Crippen LogP contribution in [0.15, 0.2) is 29.4 Å². The molecule has 0 saturated heterocycles. The molecule has 0 unspecified atom stereocenters. The highest BCUT2D eigenvalue weighted by Crippen LogP contribution is 2.24. The number of carbonyl (C=O) groups is 2. The fraction of sp³-hybridized carbons (Fsp3) is 0.524. The van der Waals surface area contributed by atoms with Gasteiger partial charge in [-0.2, -0.15) is 0 Å². The van der Waals surface area contributed by atoms with E-state index in [1.54, 1.807) is 6.07 Å². The molecular formula is C21H28FN5O2S. The summed E-state index contributed by atoms with van der Waals surface area (Å²) in [6, 6.07) is 6.08. The zero-order valence-electron chi connectivity index (χ0n) is 17.4. The van der Waals surface area contributed by atoms with Crippen molar-refractivity contribution in [3.63, 3.8) is 0 Å². The molecule has 2 amide bonds. The lowest BCUT2D eigenvalue weighted by atomic mass is 9.86. The number of thioether (sulfide) groups is 1. The summed E-state index contributed by atoms with van der Waals surface area (Å²) in [6.45, 7) is 4.86. The maximum atomic E-state index is 13.7. The second-order valence-corrected chi connectivity index (χ2v) is 8.47. The minimum absolute atomic E-state index is 0.00110. The Bertz CT molecular complexity index is 888. The van der Waals surface area contributed by atoms with E-state index in [2.05, 4.69) is 27.8 Å². The molecular weight excluding hydrogens is 405 g/mol. The molecule has 1 aromatic heterocycles. The van der Waals surface area contributed by atoms with Crippen molar-refractivity contribution in [2.75, 3.05) is 5.75 Å². The Morgan fingerprint density at radius 3 is 2.73 bits per heavy atom. The number of aromatic nitrogens is 3. The van der Waals surface area contributed by atoms with E-state index in [0.29, 0.717) is 23.4 Å². The number of benzene rings is 1. The summed E-state index contributed by atoms with van der Waals surface area (Å²) in [5, 5.41) is 14.7. The maximum Gasteiger partial charge on any atom is 0.254 e. The molecule has 7 nitrogen and oxygen atoms in total. The monoisotopic (exact) mass is 433 g/mol. The number of amides is 2. The fourth-order valence-electron chi connectivity index (χ4n) is 3.68. The Hall–Kier alpha value is -2.42. The van der Waals surface area contributed by atoms with Gasteiger partial charge in [0, 0.05) is 12.6 Å². The van der Waals surface area contributed by atoms with Crippen molar-refractivity contribution in [1.29, 1.82) is 0 Å². The first-order chi connectivity index (χ1) is 14.5. The molecule has 0 bridgehead atoms. The average Bonchev–Trinajstić information content (AvgIpc) is 3.14. The third-order valence-corrected chi connectivity index (χ3v) is 6.39. The normalized spacial score (nSPS) is 18.8. The van der Waals surface area contributed by atoms with Gasteiger partial charge in [-0.05, 0) is 37.8 Å². The summed E-state index contributed by atoms with van der Waals surface area (Å²) in [5.74, 6) is 0.264. The van der Waals surface area contributed by atoms with E-state index in [1.165, 1.54) is 36.4 Å². The van der Waals surface area contributed by atoms with Gasteiger partial charge < -0.3 is 15.2 Å². The van der Waals surface area contributed by atoms with Gasteiger partial charge in [-0.3, -0.25) is 9.59 Å². The minimum atomic E-state index is -0.568. The number of halogens is 1. The molecule has 2 aromatic rings. The van der Waals surface area contributed by atoms with Gasteiger partial charge >= 0.3 is 0 Å². The van der Waals surface area contributed by atoms with Crippen LogP contribution >= 0.6 is 11.8 Å². The van der Waals surface area contributed by atoms with E-state index in [4.69, 9.17) is 0 Å². The summed E-state index contributed by atoms with van der Waals surface area (Å²) < 4.78 is 15.6. The number of nitrogens with zero attached hydrogens (tertiary/aromatic N) is 3. The van der Waals surface area contributed by atoms with Crippen molar-refractivity contribution in [3.05, 3.63) is 41.5 Å². The van der Waals surface area contributed by atoms with Crippen LogP contribution in [-0.2, 0) is 17.9 Å². The van der Waals surface area contributed by atoms with E-state index < -0.39 is 11.7 Å². The SMILES string of the molecule is CCn1c(CNC(=O)c2ccccc2F)nnc1SCC(=O)N[C@H]1CCCC[C@H]1C. The van der Waals surface area contributed by atoms with Gasteiger partial charge in [-0.15, -0.1) is 10.2 Å². The van der Waals surface area contributed by atoms with Crippen molar-refractivity contribution >= 4 is 23.6 Å². The summed E-state index contributed by atoms with van der Waals surface area (Å²) in [5.41, 5.74) is -0.0109. The van der Waals surface area contributed by atoms with Gasteiger partial charge in [0.05, 0.1) is 17.9 Å². The topological polar surface area (TPSA) is 88.9 Å². The molecule has 0 aliphatic heterocycles. The van der Waals surface area contributed by atoms with Crippen LogP contribution in [0.4, 0.5) is 4.39 Å². The second kappa shape index (κ2) is 10.6. The molecule has 2 N–H and O–H groups in total. The van der Waals surface area contributed by atoms with Gasteiger partial charge in [-0.1, -0.05) is 43.7 Å². The summed E-state index contributed by atoms with van der Waals surface area (Å²) in [4.78, 5) is 24.6. The Kier molecular flexibility index (Phi) is 7.84. The van der Waals surface area contributed by atoms with E-state index in [-0.39, 0.29) is 29.8 Å². The lowest BCUT2D eigenvalue weighted by Crippen LogP contribution is -2.41. The van der Waals surface area contributed by atoms with Crippen molar-refractivity contribution in [3.8, 4) is 0 Å². The molecule has 162 valence electrons. The first-order valence-corrected chi connectivity index (χ1v) is 11.3. The Balaban J connectivity index is 1.54. The summed E-state index contributed by atoms with van der Waals surface area (Å²) >= 11 is 1.33. The third-order valence-electron chi connectivity index (χ3n) is 5.43. The molecule has 0 spiro atoms. The second-order valence-electron chi connectivity index (χ2n) is 7.53. The molecule has 9 heteroatoms. The zero-order chi connectivity index (χ0) is 21.5. The van der Waals surface area contributed by atoms with E-state index in [0.717, 1.165) is 19.3 Å². The van der Waals surface area contributed by atoms with Crippen molar-refractivity contribution in [2.24, 2.45) is 5.92 Å². The van der Waals surface area contributed by atoms with Gasteiger partial charge in [0.15, 0.2) is 11.0 Å². The first-order valence-electron chi connectivity index (χ1n) is 10.4. The lowest BCUT2D eigenvalue weighted by molar-refractivity contribution is -0.119. The highest BCUT2D eigenvalue weighted by molar-refractivity contribution is 7.99. The third kappa shape index (κ3) is 5.59. The average molecular weight is 434 g/mol. The minimum Gasteiger partial charge on any atom is -0.352 e. The van der Waals surface area contributed by atoms with E-state index in [9.17, 15) is 14.0 Å². The van der Waals surface area contributed by atoms with Crippen LogP contribution in [0.2, 0.25) is 0 Å². The Morgan fingerprint density at radius 1 is 1.23 bits per heavy atom. The van der Waals surface area contributed by atoms with Gasteiger partial charge in [0.1, 0.15) is 5.82 Å². The fourth-order valence-corrected chi connectivity index (χ4v) is 4.52. The van der Waals surface area contributed by atoms with Gasteiger partial charge in [0.25, 0.3) is 5.91 Å². The molecule has 0 radical (unpaired) electrons. The zero-order valence-corrected chi connectivity index (χ0v) is 18.2. The van der Waals surface area contributed by atoms with Crippen LogP contribution < -0.4 is 10.6 Å². The van der Waals surface area contributed by atoms with Gasteiger partial charge in [0.2, 0.25) is 5.91 Å². The van der Waals surface area contributed by atoms with Crippen molar-refractivity contribution < 1.29 is 14.0 Å². The number of hydrogen-bond donors (Lipinski definition) is 2. The highest BCUT2D eigenvalue weighted by atomic mass is 32.2. The maximum absolute atomic E-state index is 13.7. The molecule has 30 heavy (non-hydrogen) atoms. The van der Waals surface area contributed by atoms with E-state index in [1.807, 2.05) is 11.5 Å². The van der Waals surface area contributed by atoms with Crippen LogP contribution in [0.3, 0.4) is 0 Å². The van der Waals surface area contributed by atoms with Crippen LogP contribution in [0.5, 0.6) is 0 Å². The molecule has 1 aromatic carbocycles. The summed E-state index contributed by atoms with van der Waals surface area (Å²) in [6.07, 6.45) is 4.59. The molecule has 1 heterocycles. The molecule has 1 fully saturated rings. The first kappa shape index (κ1) is 22.3.